The molecular weight excluding hydrogens is 442 g/mol. The summed E-state index contributed by atoms with van der Waals surface area (Å²) >= 11 is 0. The van der Waals surface area contributed by atoms with Crippen molar-refractivity contribution in [3.8, 4) is 11.5 Å². The molecule has 1 aromatic carbocycles. The fourth-order valence-corrected chi connectivity index (χ4v) is 5.80. The number of ether oxygens (including phenoxy) is 2. The zero-order chi connectivity index (χ0) is 25.5. The van der Waals surface area contributed by atoms with E-state index in [1.54, 1.807) is 19.1 Å². The Morgan fingerprint density at radius 3 is 2.51 bits per heavy atom. The summed E-state index contributed by atoms with van der Waals surface area (Å²) in [5.74, 6) is 2.54. The van der Waals surface area contributed by atoms with E-state index in [1.165, 1.54) is 6.42 Å². The molecule has 2 amide bonds. The molecule has 4 rings (SSSR count). The largest absolute Gasteiger partial charge is 0.496 e. The number of carbonyl (C=O) groups excluding carboxylic acids is 2. The monoisotopic (exact) mass is 483 g/mol. The van der Waals surface area contributed by atoms with Gasteiger partial charge in [0.15, 0.2) is 0 Å². The quantitative estimate of drug-likeness (QED) is 0.610. The van der Waals surface area contributed by atoms with Crippen LogP contribution in [0.2, 0.25) is 0 Å². The van der Waals surface area contributed by atoms with Crippen LogP contribution in [0.1, 0.15) is 70.8 Å². The normalized spacial score (nSPS) is 26.7. The van der Waals surface area contributed by atoms with E-state index in [0.29, 0.717) is 48.0 Å². The minimum Gasteiger partial charge on any atom is -0.496 e. The summed E-state index contributed by atoms with van der Waals surface area (Å²) < 4.78 is 13.2. The minimum atomic E-state index is -1.01. The van der Waals surface area contributed by atoms with Crippen molar-refractivity contribution in [2.75, 3.05) is 20.8 Å². The molecule has 1 saturated carbocycles. The van der Waals surface area contributed by atoms with E-state index in [0.717, 1.165) is 30.2 Å². The lowest BCUT2D eigenvalue weighted by Gasteiger charge is -2.46. The molecule has 2 aliphatic rings. The maximum atomic E-state index is 14.0. The van der Waals surface area contributed by atoms with Crippen LogP contribution in [0, 0.1) is 17.8 Å². The summed E-state index contributed by atoms with van der Waals surface area (Å²) in [6.07, 6.45) is 4.13. The van der Waals surface area contributed by atoms with Crippen LogP contribution in [0.5, 0.6) is 11.5 Å². The van der Waals surface area contributed by atoms with Crippen molar-refractivity contribution in [2.24, 2.45) is 17.8 Å². The molecule has 192 valence electrons. The number of fused-ring (bicyclic) bond motifs is 3. The second-order valence-electron chi connectivity index (χ2n) is 11.1. The van der Waals surface area contributed by atoms with Crippen molar-refractivity contribution in [1.29, 1.82) is 0 Å². The van der Waals surface area contributed by atoms with Gasteiger partial charge in [0, 0.05) is 18.0 Å². The summed E-state index contributed by atoms with van der Waals surface area (Å²) in [4.78, 5) is 29.8. The fraction of sp³-hybridized carbons (Fsp3) is 0.643. The highest BCUT2D eigenvalue weighted by molar-refractivity contribution is 6.05. The van der Waals surface area contributed by atoms with Gasteiger partial charge in [-0.15, -0.1) is 0 Å². The molecule has 2 aromatic rings. The number of rotatable bonds is 7. The van der Waals surface area contributed by atoms with Gasteiger partial charge in [-0.25, -0.2) is 0 Å². The van der Waals surface area contributed by atoms with Crippen LogP contribution >= 0.6 is 0 Å². The van der Waals surface area contributed by atoms with Crippen LogP contribution in [0.3, 0.4) is 0 Å². The lowest BCUT2D eigenvalue weighted by Crippen LogP contribution is -2.65. The molecule has 1 aliphatic heterocycles. The van der Waals surface area contributed by atoms with Crippen molar-refractivity contribution in [3.05, 3.63) is 23.9 Å². The number of nitrogens with zero attached hydrogens (tertiary/aromatic N) is 2. The molecule has 1 aliphatic carbocycles. The van der Waals surface area contributed by atoms with Crippen molar-refractivity contribution >= 4 is 22.7 Å². The number of benzene rings is 1. The molecule has 2 heterocycles. The van der Waals surface area contributed by atoms with Gasteiger partial charge < -0.3 is 24.3 Å². The zero-order valence-electron chi connectivity index (χ0n) is 22.3. The van der Waals surface area contributed by atoms with Gasteiger partial charge in [-0.2, -0.15) is 0 Å². The van der Waals surface area contributed by atoms with Gasteiger partial charge in [-0.3, -0.25) is 9.59 Å². The third-order valence-electron chi connectivity index (χ3n) is 8.39. The Balaban J connectivity index is 1.79. The van der Waals surface area contributed by atoms with E-state index in [1.807, 2.05) is 29.7 Å². The lowest BCUT2D eigenvalue weighted by atomic mass is 9.77. The van der Waals surface area contributed by atoms with Crippen LogP contribution in [-0.4, -0.2) is 53.6 Å². The summed E-state index contributed by atoms with van der Waals surface area (Å²) in [5.41, 5.74) is 0.341. The molecule has 1 aromatic heterocycles. The highest BCUT2D eigenvalue weighted by Crippen LogP contribution is 2.40. The molecule has 1 fully saturated rings. The fourth-order valence-electron chi connectivity index (χ4n) is 5.80. The van der Waals surface area contributed by atoms with Crippen LogP contribution < -0.4 is 14.8 Å². The number of methoxy groups -OCH3 is 2. The number of hydrogen-bond acceptors (Lipinski definition) is 4. The maximum Gasteiger partial charge on any atom is 0.271 e. The van der Waals surface area contributed by atoms with Crippen molar-refractivity contribution in [2.45, 2.75) is 78.4 Å². The molecular formula is C28H41N3O4. The number of aromatic nitrogens is 1. The number of hydrogen-bond donors (Lipinski definition) is 1. The minimum absolute atomic E-state index is 0.0741. The predicted octanol–water partition coefficient (Wildman–Crippen LogP) is 4.86. The summed E-state index contributed by atoms with van der Waals surface area (Å²) in [5, 5.41) is 4.19. The lowest BCUT2D eigenvalue weighted by molar-refractivity contribution is -0.134. The first-order valence-electron chi connectivity index (χ1n) is 13.0. The van der Waals surface area contributed by atoms with Gasteiger partial charge in [-0.1, -0.05) is 40.5 Å². The first kappa shape index (κ1) is 25.4. The first-order valence-corrected chi connectivity index (χ1v) is 13.0. The molecule has 1 N–H and O–H groups in total. The Morgan fingerprint density at radius 2 is 1.86 bits per heavy atom. The summed E-state index contributed by atoms with van der Waals surface area (Å²) in [6.45, 7) is 11.6. The molecule has 7 nitrogen and oxygen atoms in total. The molecule has 0 spiro atoms. The Hall–Kier alpha value is -2.70. The molecule has 0 radical (unpaired) electrons. The van der Waals surface area contributed by atoms with E-state index in [2.05, 4.69) is 33.0 Å². The topological polar surface area (TPSA) is 72.8 Å². The van der Waals surface area contributed by atoms with E-state index in [-0.39, 0.29) is 17.9 Å². The summed E-state index contributed by atoms with van der Waals surface area (Å²) in [6, 6.07) is 5.71. The highest BCUT2D eigenvalue weighted by Gasteiger charge is 2.48. The Morgan fingerprint density at radius 1 is 1.17 bits per heavy atom. The van der Waals surface area contributed by atoms with E-state index in [9.17, 15) is 9.59 Å². The van der Waals surface area contributed by atoms with Gasteiger partial charge in [-0.05, 0) is 55.7 Å². The third kappa shape index (κ3) is 4.38. The smallest absolute Gasteiger partial charge is 0.271 e. The zero-order valence-corrected chi connectivity index (χ0v) is 22.3. The van der Waals surface area contributed by atoms with Gasteiger partial charge in [0.05, 0.1) is 26.3 Å². The third-order valence-corrected chi connectivity index (χ3v) is 8.39. The number of carbonyl (C=O) groups is 2. The van der Waals surface area contributed by atoms with Gasteiger partial charge in [0.2, 0.25) is 5.91 Å². The van der Waals surface area contributed by atoms with Crippen LogP contribution in [-0.2, 0) is 11.3 Å². The van der Waals surface area contributed by atoms with Crippen molar-refractivity contribution in [3.63, 3.8) is 0 Å². The standard InChI is InChI=1S/C28H41N3O4/c1-17(2)13-14-31-26(32)22-15-20-23(34-6)11-12-24(35-7)25(20)30(22)16-28(31,5)27(33)29-21-10-8-9-18(3)19(21)4/h11-12,15,17-19,21H,8-10,13-14,16H2,1-7H3,(H,29,33). The van der Waals surface area contributed by atoms with Crippen LogP contribution in [0.25, 0.3) is 10.9 Å². The molecule has 0 saturated heterocycles. The van der Waals surface area contributed by atoms with Gasteiger partial charge >= 0.3 is 0 Å². The average Bonchev–Trinajstić information content (AvgIpc) is 3.20. The SMILES string of the molecule is COc1ccc(OC)c2c1cc1n2CC(C)(C(=O)NC2CCCC(C)C2C)N(CCC(C)C)C1=O. The number of nitrogens with one attached hydrogen (secondary N) is 1. The molecule has 0 bridgehead atoms. The van der Waals surface area contributed by atoms with Crippen molar-refractivity contribution < 1.29 is 19.1 Å². The van der Waals surface area contributed by atoms with E-state index in [4.69, 9.17) is 9.47 Å². The molecule has 35 heavy (non-hydrogen) atoms. The number of amides is 2. The molecule has 7 heteroatoms. The van der Waals surface area contributed by atoms with Gasteiger partial charge in [0.1, 0.15) is 22.7 Å². The van der Waals surface area contributed by atoms with Crippen LogP contribution in [0.4, 0.5) is 0 Å². The van der Waals surface area contributed by atoms with Crippen LogP contribution in [0.15, 0.2) is 18.2 Å². The highest BCUT2D eigenvalue weighted by atomic mass is 16.5. The molecule has 4 atom stereocenters. The second kappa shape index (κ2) is 9.75. The second-order valence-corrected chi connectivity index (χ2v) is 11.1. The Kier molecular flexibility index (Phi) is 7.07. The predicted molar refractivity (Wildman–Crippen MR) is 138 cm³/mol. The summed E-state index contributed by atoms with van der Waals surface area (Å²) in [7, 11) is 3.25. The van der Waals surface area contributed by atoms with Crippen molar-refractivity contribution in [1.82, 2.24) is 14.8 Å². The molecule has 4 unspecified atom stereocenters. The Bertz CT molecular complexity index is 1110. The van der Waals surface area contributed by atoms with E-state index >= 15 is 0 Å². The first-order chi connectivity index (χ1) is 16.6. The Labute approximate surface area is 209 Å². The average molecular weight is 484 g/mol. The van der Waals surface area contributed by atoms with Gasteiger partial charge in [0.25, 0.3) is 5.91 Å². The van der Waals surface area contributed by atoms with E-state index < -0.39 is 5.54 Å². The maximum absolute atomic E-state index is 14.0.